The molecule has 1 N–H and O–H groups in total. The second-order valence-electron chi connectivity index (χ2n) is 6.40. The Labute approximate surface area is 153 Å². The van der Waals surface area contributed by atoms with Crippen molar-refractivity contribution >= 4 is 21.7 Å². The molecular weight excluding hydrogens is 354 g/mol. The Morgan fingerprint density at radius 3 is 2.54 bits per heavy atom. The number of nitrogens with one attached hydrogen (secondary N) is 1. The molecule has 0 unspecified atom stereocenters. The molecule has 1 saturated carbocycles. The number of carbonyl (C=O) groups is 1. The summed E-state index contributed by atoms with van der Waals surface area (Å²) in [6, 6.07) is 6.43. The van der Waals surface area contributed by atoms with Gasteiger partial charge in [0, 0.05) is 11.9 Å². The van der Waals surface area contributed by atoms with Crippen LogP contribution >= 0.6 is 0 Å². The molecule has 0 atom stereocenters. The Morgan fingerprint density at radius 1 is 1.27 bits per heavy atom. The Balaban J connectivity index is 1.77. The average Bonchev–Trinajstić information content (AvgIpc) is 3.25. The maximum absolute atomic E-state index is 12.7. The predicted octanol–water partition coefficient (Wildman–Crippen LogP) is 3.28. The molecule has 26 heavy (non-hydrogen) atoms. The van der Waals surface area contributed by atoms with Gasteiger partial charge in [-0.2, -0.15) is 5.10 Å². The maximum Gasteiger partial charge on any atom is 0.338 e. The Morgan fingerprint density at radius 2 is 1.92 bits per heavy atom. The van der Waals surface area contributed by atoms with Crippen molar-refractivity contribution in [2.75, 3.05) is 11.3 Å². The second-order valence-corrected chi connectivity index (χ2v) is 8.05. The molecule has 0 saturated heterocycles. The molecule has 1 aliphatic rings. The molecular formula is C18H23N3O4S. The van der Waals surface area contributed by atoms with Gasteiger partial charge in [-0.3, -0.25) is 9.40 Å². The molecule has 0 spiro atoms. The van der Waals surface area contributed by atoms with Crippen LogP contribution in [-0.2, 0) is 14.8 Å². The van der Waals surface area contributed by atoms with Crippen LogP contribution in [0.4, 0.5) is 5.69 Å². The summed E-state index contributed by atoms with van der Waals surface area (Å²) in [7, 11) is -3.75. The number of rotatable bonds is 6. The van der Waals surface area contributed by atoms with Gasteiger partial charge in [0.25, 0.3) is 10.0 Å². The molecule has 1 heterocycles. The van der Waals surface area contributed by atoms with E-state index in [1.54, 1.807) is 36.9 Å². The smallest absolute Gasteiger partial charge is 0.338 e. The van der Waals surface area contributed by atoms with Crippen LogP contribution in [0.25, 0.3) is 0 Å². The number of anilines is 1. The fourth-order valence-electron chi connectivity index (χ4n) is 3.18. The summed E-state index contributed by atoms with van der Waals surface area (Å²) < 4.78 is 34.7. The zero-order chi connectivity index (χ0) is 18.7. The largest absolute Gasteiger partial charge is 0.462 e. The number of aromatic nitrogens is 2. The molecule has 0 bridgehead atoms. The summed E-state index contributed by atoms with van der Waals surface area (Å²) in [5.41, 5.74) is 1.23. The molecule has 2 aromatic rings. The van der Waals surface area contributed by atoms with Crippen LogP contribution < -0.4 is 4.72 Å². The summed E-state index contributed by atoms with van der Waals surface area (Å²) in [5.74, 6) is -0.435. The van der Waals surface area contributed by atoms with Crippen molar-refractivity contribution < 1.29 is 17.9 Å². The molecule has 1 aromatic carbocycles. The Bertz CT molecular complexity index is 882. The number of aryl methyl sites for hydroxylation is 1. The summed E-state index contributed by atoms with van der Waals surface area (Å²) in [5, 5.41) is 4.39. The van der Waals surface area contributed by atoms with Gasteiger partial charge in [-0.1, -0.05) is 12.8 Å². The average molecular weight is 377 g/mol. The molecule has 0 aliphatic heterocycles. The maximum atomic E-state index is 12.7. The van der Waals surface area contributed by atoms with Gasteiger partial charge in [0.05, 0.1) is 23.9 Å². The topological polar surface area (TPSA) is 90.3 Å². The quantitative estimate of drug-likeness (QED) is 0.780. The van der Waals surface area contributed by atoms with Gasteiger partial charge in [-0.25, -0.2) is 13.2 Å². The minimum atomic E-state index is -3.75. The van der Waals surface area contributed by atoms with E-state index in [4.69, 9.17) is 4.74 Å². The molecule has 0 radical (unpaired) electrons. The fourth-order valence-corrected chi connectivity index (χ4v) is 4.42. The van der Waals surface area contributed by atoms with Crippen LogP contribution in [0.5, 0.6) is 0 Å². The first kappa shape index (κ1) is 18.4. The molecule has 8 heteroatoms. The molecule has 1 aliphatic carbocycles. The third kappa shape index (κ3) is 3.90. The van der Waals surface area contributed by atoms with Crippen molar-refractivity contribution in [1.82, 2.24) is 9.78 Å². The Kier molecular flexibility index (Phi) is 5.31. The summed E-state index contributed by atoms with van der Waals surface area (Å²) in [6.07, 6.45) is 5.97. The normalized spacial score (nSPS) is 15.2. The van der Waals surface area contributed by atoms with Gasteiger partial charge in [0.1, 0.15) is 4.90 Å². The van der Waals surface area contributed by atoms with E-state index in [9.17, 15) is 13.2 Å². The van der Waals surface area contributed by atoms with Crippen LogP contribution in [0.1, 0.15) is 54.7 Å². The van der Waals surface area contributed by atoms with E-state index in [1.807, 2.05) is 0 Å². The van der Waals surface area contributed by atoms with Crippen molar-refractivity contribution in [1.29, 1.82) is 0 Å². The molecule has 0 amide bonds. The summed E-state index contributed by atoms with van der Waals surface area (Å²) in [6.45, 7) is 3.72. The van der Waals surface area contributed by atoms with E-state index >= 15 is 0 Å². The highest BCUT2D eigenvalue weighted by Gasteiger charge is 2.24. The van der Waals surface area contributed by atoms with Gasteiger partial charge in [-0.05, 0) is 51.0 Å². The van der Waals surface area contributed by atoms with E-state index in [1.165, 1.54) is 12.1 Å². The molecule has 140 valence electrons. The van der Waals surface area contributed by atoms with Crippen molar-refractivity contribution in [3.05, 3.63) is 41.7 Å². The van der Waals surface area contributed by atoms with Gasteiger partial charge in [0.2, 0.25) is 0 Å². The lowest BCUT2D eigenvalue weighted by atomic mass is 10.2. The van der Waals surface area contributed by atoms with Gasteiger partial charge in [0.15, 0.2) is 0 Å². The number of esters is 1. The lowest BCUT2D eigenvalue weighted by Gasteiger charge is -2.09. The Hall–Kier alpha value is -2.35. The standard InChI is InChI=1S/C18H23N3O4S/c1-3-25-18(22)14-8-10-15(11-9-14)20-26(23,24)17-12-21(19-13(17)2)16-6-4-5-7-16/h8-12,16,20H,3-7H2,1-2H3. The number of ether oxygens (including phenoxy) is 1. The first-order valence-electron chi connectivity index (χ1n) is 8.76. The van der Waals surface area contributed by atoms with Crippen molar-refractivity contribution in [3.8, 4) is 0 Å². The third-order valence-electron chi connectivity index (χ3n) is 4.51. The molecule has 7 nitrogen and oxygen atoms in total. The highest BCUT2D eigenvalue weighted by atomic mass is 32.2. The molecule has 3 rings (SSSR count). The van der Waals surface area contributed by atoms with E-state index in [-0.39, 0.29) is 17.5 Å². The van der Waals surface area contributed by atoms with Crippen molar-refractivity contribution in [2.45, 2.75) is 50.5 Å². The van der Waals surface area contributed by atoms with Crippen molar-refractivity contribution in [2.24, 2.45) is 0 Å². The van der Waals surface area contributed by atoms with Gasteiger partial charge in [-0.15, -0.1) is 0 Å². The van der Waals surface area contributed by atoms with Crippen LogP contribution in [0, 0.1) is 6.92 Å². The first-order valence-corrected chi connectivity index (χ1v) is 10.2. The zero-order valence-electron chi connectivity index (χ0n) is 14.9. The lowest BCUT2D eigenvalue weighted by Crippen LogP contribution is -2.14. The minimum Gasteiger partial charge on any atom is -0.462 e. The van der Waals surface area contributed by atoms with E-state index in [0.717, 1.165) is 25.7 Å². The number of sulfonamides is 1. The minimum absolute atomic E-state index is 0.180. The number of hydrogen-bond donors (Lipinski definition) is 1. The molecule has 1 aromatic heterocycles. The lowest BCUT2D eigenvalue weighted by molar-refractivity contribution is 0.0526. The number of benzene rings is 1. The van der Waals surface area contributed by atoms with Crippen LogP contribution in [0.2, 0.25) is 0 Å². The van der Waals surface area contributed by atoms with Crippen LogP contribution in [0.15, 0.2) is 35.4 Å². The highest BCUT2D eigenvalue weighted by Crippen LogP contribution is 2.30. The summed E-state index contributed by atoms with van der Waals surface area (Å²) in [4.78, 5) is 11.8. The van der Waals surface area contributed by atoms with Crippen molar-refractivity contribution in [3.63, 3.8) is 0 Å². The fraction of sp³-hybridized carbons (Fsp3) is 0.444. The number of carbonyl (C=O) groups excluding carboxylic acids is 1. The van der Waals surface area contributed by atoms with E-state index in [2.05, 4.69) is 9.82 Å². The predicted molar refractivity (Wildman–Crippen MR) is 97.7 cm³/mol. The van der Waals surface area contributed by atoms with Crippen LogP contribution in [0.3, 0.4) is 0 Å². The van der Waals surface area contributed by atoms with Gasteiger partial charge >= 0.3 is 5.97 Å². The monoisotopic (exact) mass is 377 g/mol. The van der Waals surface area contributed by atoms with E-state index < -0.39 is 16.0 Å². The zero-order valence-corrected chi connectivity index (χ0v) is 15.8. The van der Waals surface area contributed by atoms with Gasteiger partial charge < -0.3 is 4.74 Å². The van der Waals surface area contributed by atoms with E-state index in [0.29, 0.717) is 16.9 Å². The summed E-state index contributed by atoms with van der Waals surface area (Å²) >= 11 is 0. The van der Waals surface area contributed by atoms with Crippen LogP contribution in [-0.4, -0.2) is 30.8 Å². The molecule has 1 fully saturated rings. The number of hydrogen-bond acceptors (Lipinski definition) is 5. The third-order valence-corrected chi connectivity index (χ3v) is 5.99. The second kappa shape index (κ2) is 7.49. The highest BCUT2D eigenvalue weighted by molar-refractivity contribution is 7.92. The SMILES string of the molecule is CCOC(=O)c1ccc(NS(=O)(=O)c2cn(C3CCCC3)nc2C)cc1. The number of nitrogens with zero attached hydrogens (tertiary/aromatic N) is 2. The first-order chi connectivity index (χ1) is 12.4.